The highest BCUT2D eigenvalue weighted by Crippen LogP contribution is 2.26. The van der Waals surface area contributed by atoms with Crippen LogP contribution >= 0.6 is 11.6 Å². The molecule has 0 aliphatic heterocycles. The molecular formula is C11H15ClN2O3. The zero-order valence-electron chi connectivity index (χ0n) is 10.1. The topological polar surface area (TPSA) is 51.7 Å². The van der Waals surface area contributed by atoms with Crippen LogP contribution in [-0.4, -0.2) is 38.3 Å². The van der Waals surface area contributed by atoms with Crippen LogP contribution in [0, 0.1) is 0 Å². The van der Waals surface area contributed by atoms with E-state index in [9.17, 15) is 4.79 Å². The van der Waals surface area contributed by atoms with Crippen molar-refractivity contribution >= 4 is 23.3 Å². The first kappa shape index (κ1) is 13.6. The van der Waals surface area contributed by atoms with E-state index in [1.165, 1.54) is 7.11 Å². The fraction of sp³-hybridized carbons (Fsp3) is 0.455. The molecule has 0 amide bonds. The Balaban J connectivity index is 2.81. The first-order valence-corrected chi connectivity index (χ1v) is 5.53. The van der Waals surface area contributed by atoms with E-state index in [1.807, 2.05) is 0 Å². The third kappa shape index (κ3) is 3.78. The van der Waals surface area contributed by atoms with E-state index in [1.54, 1.807) is 31.0 Å². The van der Waals surface area contributed by atoms with Crippen molar-refractivity contribution in [2.45, 2.75) is 6.92 Å². The predicted molar refractivity (Wildman–Crippen MR) is 65.7 cm³/mol. The maximum Gasteiger partial charge on any atom is 0.325 e. The van der Waals surface area contributed by atoms with Gasteiger partial charge >= 0.3 is 5.97 Å². The summed E-state index contributed by atoms with van der Waals surface area (Å²) >= 11 is 5.75. The number of ether oxygens (including phenoxy) is 2. The third-order valence-corrected chi connectivity index (χ3v) is 2.29. The summed E-state index contributed by atoms with van der Waals surface area (Å²) in [6.45, 7) is 2.26. The highest BCUT2D eigenvalue weighted by Gasteiger charge is 2.13. The fourth-order valence-electron chi connectivity index (χ4n) is 1.34. The van der Waals surface area contributed by atoms with Gasteiger partial charge in [0.2, 0.25) is 5.88 Å². The number of nitrogens with zero attached hydrogens (tertiary/aromatic N) is 2. The van der Waals surface area contributed by atoms with Crippen molar-refractivity contribution in [2.75, 3.05) is 32.2 Å². The number of anilines is 1. The van der Waals surface area contributed by atoms with Gasteiger partial charge in [0.15, 0.2) is 0 Å². The second-order valence-electron chi connectivity index (χ2n) is 3.32. The number of rotatable bonds is 5. The van der Waals surface area contributed by atoms with Gasteiger partial charge in [-0.25, -0.2) is 0 Å². The van der Waals surface area contributed by atoms with E-state index < -0.39 is 0 Å². The molecule has 0 N–H and O–H groups in total. The van der Waals surface area contributed by atoms with E-state index in [4.69, 9.17) is 21.1 Å². The molecule has 5 nitrogen and oxygen atoms in total. The van der Waals surface area contributed by atoms with Crippen molar-refractivity contribution in [3.63, 3.8) is 0 Å². The van der Waals surface area contributed by atoms with Gasteiger partial charge in [-0.1, -0.05) is 11.6 Å². The van der Waals surface area contributed by atoms with Gasteiger partial charge in [-0.2, -0.15) is 4.98 Å². The minimum absolute atomic E-state index is 0.132. The minimum Gasteiger partial charge on any atom is -0.479 e. The quantitative estimate of drug-likeness (QED) is 0.595. The molecule has 0 unspecified atom stereocenters. The van der Waals surface area contributed by atoms with Crippen molar-refractivity contribution < 1.29 is 14.3 Å². The average molecular weight is 259 g/mol. The number of hydrogen-bond acceptors (Lipinski definition) is 5. The Morgan fingerprint density at radius 1 is 1.53 bits per heavy atom. The van der Waals surface area contributed by atoms with Crippen molar-refractivity contribution in [2.24, 2.45) is 0 Å². The number of pyridine rings is 1. The third-order valence-electron chi connectivity index (χ3n) is 2.08. The van der Waals surface area contributed by atoms with Crippen LogP contribution in [0.1, 0.15) is 6.92 Å². The molecule has 1 rings (SSSR count). The number of aromatic nitrogens is 1. The Labute approximate surface area is 105 Å². The fourth-order valence-corrected chi connectivity index (χ4v) is 1.48. The Bertz CT molecular complexity index is 398. The van der Waals surface area contributed by atoms with Gasteiger partial charge in [-0.3, -0.25) is 4.79 Å². The number of esters is 1. The molecule has 0 saturated heterocycles. The van der Waals surface area contributed by atoms with Crippen molar-refractivity contribution in [3.05, 3.63) is 17.3 Å². The molecule has 0 saturated carbocycles. The molecule has 1 heterocycles. The van der Waals surface area contributed by atoms with E-state index >= 15 is 0 Å². The van der Waals surface area contributed by atoms with Crippen LogP contribution in [0.4, 0.5) is 5.69 Å². The van der Waals surface area contributed by atoms with Crippen LogP contribution in [0.3, 0.4) is 0 Å². The lowest BCUT2D eigenvalue weighted by molar-refractivity contribution is -0.141. The summed E-state index contributed by atoms with van der Waals surface area (Å²) in [5.74, 6) is 0.0799. The zero-order chi connectivity index (χ0) is 12.8. The molecule has 0 atom stereocenters. The number of halogens is 1. The molecule has 6 heteroatoms. The van der Waals surface area contributed by atoms with E-state index in [-0.39, 0.29) is 12.5 Å². The number of carbonyl (C=O) groups excluding carboxylic acids is 1. The largest absolute Gasteiger partial charge is 0.479 e. The SMILES string of the molecule is CCOC(=O)CN(C)c1ccc(Cl)nc1OC. The van der Waals surface area contributed by atoms with Gasteiger partial charge in [0, 0.05) is 7.05 Å². The van der Waals surface area contributed by atoms with Gasteiger partial charge < -0.3 is 14.4 Å². The lowest BCUT2D eigenvalue weighted by Gasteiger charge is -2.19. The lowest BCUT2D eigenvalue weighted by atomic mass is 10.3. The molecule has 1 aromatic rings. The lowest BCUT2D eigenvalue weighted by Crippen LogP contribution is -2.27. The Kier molecular flexibility index (Phi) is 5.03. The molecule has 0 aliphatic rings. The highest BCUT2D eigenvalue weighted by molar-refractivity contribution is 6.29. The Morgan fingerprint density at radius 2 is 2.24 bits per heavy atom. The summed E-state index contributed by atoms with van der Waals surface area (Å²) in [5, 5.41) is 0.343. The van der Waals surface area contributed by atoms with Crippen LogP contribution in [0.2, 0.25) is 5.15 Å². The summed E-state index contributed by atoms with van der Waals surface area (Å²) in [7, 11) is 3.25. The summed E-state index contributed by atoms with van der Waals surface area (Å²) in [6.07, 6.45) is 0. The Morgan fingerprint density at radius 3 is 2.82 bits per heavy atom. The number of hydrogen-bond donors (Lipinski definition) is 0. The highest BCUT2D eigenvalue weighted by atomic mass is 35.5. The monoisotopic (exact) mass is 258 g/mol. The van der Waals surface area contributed by atoms with Crippen LogP contribution in [0.25, 0.3) is 0 Å². The molecule has 0 spiro atoms. The average Bonchev–Trinajstić information content (AvgIpc) is 2.28. The normalized spacial score (nSPS) is 9.88. The number of methoxy groups -OCH3 is 1. The van der Waals surface area contributed by atoms with Crippen LogP contribution in [-0.2, 0) is 9.53 Å². The summed E-state index contributed by atoms with van der Waals surface area (Å²) < 4.78 is 9.96. The molecular weight excluding hydrogens is 244 g/mol. The van der Waals surface area contributed by atoms with Crippen LogP contribution in [0.15, 0.2) is 12.1 Å². The van der Waals surface area contributed by atoms with E-state index in [0.29, 0.717) is 23.3 Å². The Hall–Kier alpha value is -1.49. The van der Waals surface area contributed by atoms with Gasteiger partial charge in [0.1, 0.15) is 17.4 Å². The first-order valence-electron chi connectivity index (χ1n) is 5.15. The first-order chi connectivity index (χ1) is 8.08. The van der Waals surface area contributed by atoms with Crippen molar-refractivity contribution in [1.29, 1.82) is 0 Å². The molecule has 0 radical (unpaired) electrons. The second kappa shape index (κ2) is 6.30. The predicted octanol–water partition coefficient (Wildman–Crippen LogP) is 1.74. The maximum atomic E-state index is 11.3. The number of likely N-dealkylation sites (N-methyl/N-ethyl adjacent to an activating group) is 1. The smallest absolute Gasteiger partial charge is 0.325 e. The van der Waals surface area contributed by atoms with Crippen LogP contribution in [0.5, 0.6) is 5.88 Å². The molecule has 0 aromatic carbocycles. The van der Waals surface area contributed by atoms with E-state index in [0.717, 1.165) is 0 Å². The minimum atomic E-state index is -0.299. The van der Waals surface area contributed by atoms with Crippen molar-refractivity contribution in [3.8, 4) is 5.88 Å². The number of carbonyl (C=O) groups is 1. The molecule has 17 heavy (non-hydrogen) atoms. The standard InChI is InChI=1S/C11H15ClN2O3/c1-4-17-10(15)7-14(2)8-5-6-9(12)13-11(8)16-3/h5-6H,4,7H2,1-3H3. The molecule has 1 aromatic heterocycles. The van der Waals surface area contributed by atoms with Gasteiger partial charge in [-0.05, 0) is 19.1 Å². The van der Waals surface area contributed by atoms with Gasteiger partial charge in [0.25, 0.3) is 0 Å². The molecule has 0 fully saturated rings. The molecule has 0 bridgehead atoms. The van der Waals surface area contributed by atoms with Crippen molar-refractivity contribution in [1.82, 2.24) is 4.98 Å². The second-order valence-corrected chi connectivity index (χ2v) is 3.71. The summed E-state index contributed by atoms with van der Waals surface area (Å²) in [6, 6.07) is 3.38. The summed E-state index contributed by atoms with van der Waals surface area (Å²) in [4.78, 5) is 17.1. The van der Waals surface area contributed by atoms with E-state index in [2.05, 4.69) is 4.98 Å². The van der Waals surface area contributed by atoms with Gasteiger partial charge in [-0.15, -0.1) is 0 Å². The molecule has 0 aliphatic carbocycles. The zero-order valence-corrected chi connectivity index (χ0v) is 10.8. The maximum absolute atomic E-state index is 11.3. The summed E-state index contributed by atoms with van der Waals surface area (Å²) in [5.41, 5.74) is 0.685. The van der Waals surface area contributed by atoms with Crippen LogP contribution < -0.4 is 9.64 Å². The molecule has 94 valence electrons. The van der Waals surface area contributed by atoms with Gasteiger partial charge in [0.05, 0.1) is 13.7 Å².